The average molecular weight is 453 g/mol. The van der Waals surface area contributed by atoms with E-state index >= 15 is 0 Å². The number of hydrogen-bond acceptors (Lipinski definition) is 7. The van der Waals surface area contributed by atoms with Gasteiger partial charge in [0, 0.05) is 43.6 Å². The fourth-order valence-electron chi connectivity index (χ4n) is 4.06. The van der Waals surface area contributed by atoms with Gasteiger partial charge in [0.05, 0.1) is 14.2 Å². The second-order valence-corrected chi connectivity index (χ2v) is 7.76. The number of nitrogens with one attached hydrogen (secondary N) is 2. The molecule has 0 spiro atoms. The standard InChI is InChI=1S/C23H28N6O4/c1-4-29-20-17(6-5-11-24-20)27-21(22(29)30)28-12-9-15(10-13-28)25-23(31)26-16-7-8-18(32-2)19(14-16)33-3/h5-8,11,14-15H,4,9-10,12-13H2,1-3H3,(H2,25,26,31). The highest BCUT2D eigenvalue weighted by molar-refractivity contribution is 5.89. The van der Waals surface area contributed by atoms with Crippen molar-refractivity contribution < 1.29 is 14.3 Å². The lowest BCUT2D eigenvalue weighted by Gasteiger charge is -2.33. The largest absolute Gasteiger partial charge is 0.493 e. The number of urea groups is 1. The molecule has 10 heteroatoms. The summed E-state index contributed by atoms with van der Waals surface area (Å²) >= 11 is 0. The second-order valence-electron chi connectivity index (χ2n) is 7.76. The monoisotopic (exact) mass is 452 g/mol. The van der Waals surface area contributed by atoms with Crippen LogP contribution in [0.2, 0.25) is 0 Å². The lowest BCUT2D eigenvalue weighted by molar-refractivity contribution is 0.246. The number of piperidine rings is 1. The summed E-state index contributed by atoms with van der Waals surface area (Å²) in [4.78, 5) is 36.4. The third kappa shape index (κ3) is 4.69. The number of fused-ring (bicyclic) bond motifs is 1. The van der Waals surface area contributed by atoms with Crippen LogP contribution in [0.1, 0.15) is 19.8 Å². The number of anilines is 2. The summed E-state index contributed by atoms with van der Waals surface area (Å²) < 4.78 is 12.1. The van der Waals surface area contributed by atoms with Gasteiger partial charge in [-0.3, -0.25) is 9.36 Å². The molecule has 1 aliphatic heterocycles. The van der Waals surface area contributed by atoms with Crippen molar-refractivity contribution in [2.24, 2.45) is 0 Å². The number of aromatic nitrogens is 3. The van der Waals surface area contributed by atoms with Crippen molar-refractivity contribution in [1.29, 1.82) is 0 Å². The van der Waals surface area contributed by atoms with Crippen molar-refractivity contribution in [1.82, 2.24) is 19.9 Å². The molecular weight excluding hydrogens is 424 g/mol. The Balaban J connectivity index is 1.39. The fraction of sp³-hybridized carbons (Fsp3) is 0.391. The zero-order valence-corrected chi connectivity index (χ0v) is 19.0. The smallest absolute Gasteiger partial charge is 0.319 e. The van der Waals surface area contributed by atoms with Gasteiger partial charge in [0.2, 0.25) is 0 Å². The first kappa shape index (κ1) is 22.4. The second kappa shape index (κ2) is 9.76. The third-order valence-corrected chi connectivity index (χ3v) is 5.77. The number of methoxy groups -OCH3 is 2. The summed E-state index contributed by atoms with van der Waals surface area (Å²) in [6.45, 7) is 3.70. The molecule has 1 aliphatic rings. The highest BCUT2D eigenvalue weighted by Crippen LogP contribution is 2.29. The van der Waals surface area contributed by atoms with Gasteiger partial charge < -0.3 is 25.0 Å². The van der Waals surface area contributed by atoms with Crippen molar-refractivity contribution in [2.45, 2.75) is 32.4 Å². The fourth-order valence-corrected chi connectivity index (χ4v) is 4.06. The normalized spacial score (nSPS) is 14.2. The molecule has 0 aliphatic carbocycles. The maximum Gasteiger partial charge on any atom is 0.319 e. The molecule has 3 aromatic rings. The number of pyridine rings is 1. The number of ether oxygens (including phenoxy) is 2. The number of carbonyl (C=O) groups excluding carboxylic acids is 1. The predicted molar refractivity (Wildman–Crippen MR) is 126 cm³/mol. The molecule has 0 unspecified atom stereocenters. The van der Waals surface area contributed by atoms with Crippen LogP contribution in [-0.4, -0.2) is 53.9 Å². The van der Waals surface area contributed by atoms with E-state index in [0.29, 0.717) is 66.6 Å². The van der Waals surface area contributed by atoms with Gasteiger partial charge in [-0.05, 0) is 44.0 Å². The third-order valence-electron chi connectivity index (χ3n) is 5.77. The summed E-state index contributed by atoms with van der Waals surface area (Å²) in [7, 11) is 3.11. The van der Waals surface area contributed by atoms with E-state index in [1.807, 2.05) is 24.0 Å². The van der Waals surface area contributed by atoms with E-state index < -0.39 is 0 Å². The lowest BCUT2D eigenvalue weighted by atomic mass is 10.1. The van der Waals surface area contributed by atoms with Gasteiger partial charge in [0.25, 0.3) is 5.56 Å². The van der Waals surface area contributed by atoms with E-state index in [4.69, 9.17) is 9.47 Å². The molecule has 0 radical (unpaired) electrons. The van der Waals surface area contributed by atoms with Crippen molar-refractivity contribution in [3.05, 3.63) is 46.9 Å². The topological polar surface area (TPSA) is 111 Å². The van der Waals surface area contributed by atoms with Crippen LogP contribution in [0.3, 0.4) is 0 Å². The summed E-state index contributed by atoms with van der Waals surface area (Å²) in [5.41, 5.74) is 1.76. The van der Waals surface area contributed by atoms with E-state index in [0.717, 1.165) is 0 Å². The molecule has 1 saturated heterocycles. The molecule has 2 N–H and O–H groups in total. The van der Waals surface area contributed by atoms with E-state index in [1.54, 1.807) is 43.2 Å². The number of amides is 2. The molecule has 3 heterocycles. The Kier molecular flexibility index (Phi) is 6.62. The first-order chi connectivity index (χ1) is 16.0. The Labute approximate surface area is 191 Å². The van der Waals surface area contributed by atoms with Crippen LogP contribution >= 0.6 is 0 Å². The van der Waals surface area contributed by atoms with E-state index in [9.17, 15) is 9.59 Å². The lowest BCUT2D eigenvalue weighted by Crippen LogP contribution is -2.47. The van der Waals surface area contributed by atoms with Gasteiger partial charge in [-0.25, -0.2) is 14.8 Å². The Morgan fingerprint density at radius 1 is 1.15 bits per heavy atom. The molecule has 10 nitrogen and oxygen atoms in total. The van der Waals surface area contributed by atoms with E-state index in [-0.39, 0.29) is 17.6 Å². The zero-order chi connectivity index (χ0) is 23.4. The number of aryl methyl sites for hydroxylation is 1. The minimum Gasteiger partial charge on any atom is -0.493 e. The first-order valence-electron chi connectivity index (χ1n) is 10.9. The molecule has 33 heavy (non-hydrogen) atoms. The maximum absolute atomic E-state index is 13.0. The van der Waals surface area contributed by atoms with Gasteiger partial charge in [-0.2, -0.15) is 0 Å². The van der Waals surface area contributed by atoms with Crippen LogP contribution in [-0.2, 0) is 6.54 Å². The van der Waals surface area contributed by atoms with Gasteiger partial charge in [0.1, 0.15) is 5.52 Å². The van der Waals surface area contributed by atoms with Crippen molar-refractivity contribution in [3.8, 4) is 11.5 Å². The van der Waals surface area contributed by atoms with Crippen LogP contribution in [0.4, 0.5) is 16.3 Å². The molecule has 0 saturated carbocycles. The van der Waals surface area contributed by atoms with E-state index in [2.05, 4.69) is 20.6 Å². The van der Waals surface area contributed by atoms with E-state index in [1.165, 1.54) is 0 Å². The van der Waals surface area contributed by atoms with Gasteiger partial charge >= 0.3 is 6.03 Å². The summed E-state index contributed by atoms with van der Waals surface area (Å²) in [6.07, 6.45) is 3.08. The molecule has 2 amide bonds. The number of rotatable bonds is 6. The maximum atomic E-state index is 13.0. The highest BCUT2D eigenvalue weighted by Gasteiger charge is 2.24. The minimum absolute atomic E-state index is 0.00285. The Hall–Kier alpha value is -3.82. The zero-order valence-electron chi connectivity index (χ0n) is 19.0. The van der Waals surface area contributed by atoms with Crippen LogP contribution in [0, 0.1) is 0 Å². The molecule has 1 aromatic carbocycles. The van der Waals surface area contributed by atoms with Gasteiger partial charge in [-0.15, -0.1) is 0 Å². The molecule has 174 valence electrons. The molecule has 4 rings (SSSR count). The highest BCUT2D eigenvalue weighted by atomic mass is 16.5. The average Bonchev–Trinajstić information content (AvgIpc) is 2.84. The molecular formula is C23H28N6O4. The SMILES string of the molecule is CCn1c(=O)c(N2CCC(NC(=O)Nc3ccc(OC)c(OC)c3)CC2)nc2cccnc21. The predicted octanol–water partition coefficient (Wildman–Crippen LogP) is 2.62. The van der Waals surface area contributed by atoms with Crippen LogP contribution in [0.15, 0.2) is 41.3 Å². The Morgan fingerprint density at radius 3 is 2.61 bits per heavy atom. The van der Waals surface area contributed by atoms with Crippen LogP contribution in [0.25, 0.3) is 11.2 Å². The number of benzene rings is 1. The van der Waals surface area contributed by atoms with Crippen molar-refractivity contribution in [3.63, 3.8) is 0 Å². The molecule has 2 aromatic heterocycles. The molecule has 0 bridgehead atoms. The number of nitrogens with zero attached hydrogens (tertiary/aromatic N) is 4. The van der Waals surface area contributed by atoms with Gasteiger partial charge in [0.15, 0.2) is 23.0 Å². The van der Waals surface area contributed by atoms with Crippen molar-refractivity contribution in [2.75, 3.05) is 37.5 Å². The number of carbonyl (C=O) groups is 1. The van der Waals surface area contributed by atoms with Crippen LogP contribution < -0.4 is 30.6 Å². The Bertz CT molecular complexity index is 1200. The first-order valence-corrected chi connectivity index (χ1v) is 10.9. The quantitative estimate of drug-likeness (QED) is 0.591. The molecule has 1 fully saturated rings. The van der Waals surface area contributed by atoms with Gasteiger partial charge in [-0.1, -0.05) is 0 Å². The molecule has 0 atom stereocenters. The van der Waals surface area contributed by atoms with Crippen molar-refractivity contribution >= 4 is 28.7 Å². The number of hydrogen-bond donors (Lipinski definition) is 2. The Morgan fingerprint density at radius 2 is 1.91 bits per heavy atom. The van der Waals surface area contributed by atoms with Crippen LogP contribution in [0.5, 0.6) is 11.5 Å². The summed E-state index contributed by atoms with van der Waals surface area (Å²) in [6, 6.07) is 8.59. The minimum atomic E-state index is -0.288. The summed E-state index contributed by atoms with van der Waals surface area (Å²) in [5, 5.41) is 5.84. The summed E-state index contributed by atoms with van der Waals surface area (Å²) in [5.74, 6) is 1.57.